The molecule has 0 saturated heterocycles. The molecular formula is C19H26O3. The minimum atomic E-state index is -0.384. The molecule has 3 fully saturated rings. The van der Waals surface area contributed by atoms with Crippen molar-refractivity contribution in [1.29, 1.82) is 0 Å². The quantitative estimate of drug-likeness (QED) is 0.748. The second-order valence-corrected chi connectivity index (χ2v) is 8.53. The molecule has 0 radical (unpaired) electrons. The standard InChI is InChI=1S/C19H26O3/c1-18-7-5-12(20)9-11(18)10-15(21)17-13-3-4-16(22)19(13,2)8-6-14(17)18/h9,13-15,17,21H,3-8,10H2,1-2H3/t13-,14-,15-,17-,18-,19-/m0/s1. The van der Waals surface area contributed by atoms with E-state index in [2.05, 4.69) is 13.8 Å². The number of aliphatic hydroxyl groups excluding tert-OH is 1. The number of fused-ring (bicyclic) bond motifs is 5. The van der Waals surface area contributed by atoms with E-state index >= 15 is 0 Å². The number of rotatable bonds is 0. The molecule has 0 aromatic heterocycles. The van der Waals surface area contributed by atoms with E-state index in [1.807, 2.05) is 6.08 Å². The van der Waals surface area contributed by atoms with E-state index in [1.54, 1.807) is 0 Å². The van der Waals surface area contributed by atoms with Gasteiger partial charge in [0.15, 0.2) is 5.78 Å². The van der Waals surface area contributed by atoms with E-state index in [4.69, 9.17) is 0 Å². The Kier molecular flexibility index (Phi) is 3.01. The average Bonchev–Trinajstić information content (AvgIpc) is 2.77. The summed E-state index contributed by atoms with van der Waals surface area (Å²) in [6.45, 7) is 4.43. The number of carbonyl (C=O) groups is 2. The number of hydrogen-bond donors (Lipinski definition) is 1. The van der Waals surface area contributed by atoms with Gasteiger partial charge in [-0.25, -0.2) is 0 Å². The summed E-state index contributed by atoms with van der Waals surface area (Å²) in [4.78, 5) is 24.2. The van der Waals surface area contributed by atoms with Gasteiger partial charge in [-0.1, -0.05) is 19.4 Å². The van der Waals surface area contributed by atoms with Crippen LogP contribution in [-0.4, -0.2) is 22.8 Å². The van der Waals surface area contributed by atoms with Gasteiger partial charge in [-0.05, 0) is 61.3 Å². The molecule has 1 N–H and O–H groups in total. The first-order chi connectivity index (χ1) is 10.4. The third-order valence-corrected chi connectivity index (χ3v) is 7.69. The van der Waals surface area contributed by atoms with Gasteiger partial charge in [0, 0.05) is 18.3 Å². The summed E-state index contributed by atoms with van der Waals surface area (Å²) in [6, 6.07) is 0. The third-order valence-electron chi connectivity index (χ3n) is 7.69. The molecule has 3 heteroatoms. The Morgan fingerprint density at radius 1 is 1.05 bits per heavy atom. The molecule has 0 heterocycles. The average molecular weight is 302 g/mol. The topological polar surface area (TPSA) is 54.4 Å². The van der Waals surface area contributed by atoms with Gasteiger partial charge in [0.05, 0.1) is 6.10 Å². The van der Waals surface area contributed by atoms with Gasteiger partial charge < -0.3 is 5.11 Å². The zero-order valence-corrected chi connectivity index (χ0v) is 13.6. The van der Waals surface area contributed by atoms with Crippen molar-refractivity contribution in [2.24, 2.45) is 28.6 Å². The lowest BCUT2D eigenvalue weighted by Crippen LogP contribution is -2.55. The smallest absolute Gasteiger partial charge is 0.155 e. The lowest BCUT2D eigenvalue weighted by Gasteiger charge is -2.58. The predicted molar refractivity (Wildman–Crippen MR) is 83.1 cm³/mol. The van der Waals surface area contributed by atoms with Crippen LogP contribution < -0.4 is 0 Å². The van der Waals surface area contributed by atoms with Crippen LogP contribution >= 0.6 is 0 Å². The maximum Gasteiger partial charge on any atom is 0.155 e. The maximum absolute atomic E-state index is 12.4. The lowest BCUT2D eigenvalue weighted by atomic mass is 9.47. The van der Waals surface area contributed by atoms with Crippen LogP contribution in [0.15, 0.2) is 11.6 Å². The highest BCUT2D eigenvalue weighted by Gasteiger charge is 2.61. The summed E-state index contributed by atoms with van der Waals surface area (Å²) in [5, 5.41) is 10.8. The van der Waals surface area contributed by atoms with Gasteiger partial charge >= 0.3 is 0 Å². The predicted octanol–water partition coefficient (Wildman–Crippen LogP) is 3.06. The molecule has 4 aliphatic carbocycles. The number of Topliss-reactive ketones (excluding diaryl/α,β-unsaturated/α-hetero) is 1. The van der Waals surface area contributed by atoms with Crippen LogP contribution in [0.5, 0.6) is 0 Å². The first-order valence-corrected chi connectivity index (χ1v) is 8.81. The molecule has 4 rings (SSSR count). The number of hydrogen-bond acceptors (Lipinski definition) is 3. The molecule has 0 bridgehead atoms. The summed E-state index contributed by atoms with van der Waals surface area (Å²) in [5.74, 6) is 1.63. The fourth-order valence-electron chi connectivity index (χ4n) is 6.30. The zero-order valence-electron chi connectivity index (χ0n) is 13.6. The monoisotopic (exact) mass is 302 g/mol. The minimum Gasteiger partial charge on any atom is -0.392 e. The van der Waals surface area contributed by atoms with E-state index in [0.717, 1.165) is 25.7 Å². The summed E-state index contributed by atoms with van der Waals surface area (Å²) < 4.78 is 0. The highest BCUT2D eigenvalue weighted by atomic mass is 16.3. The summed E-state index contributed by atoms with van der Waals surface area (Å²) >= 11 is 0. The van der Waals surface area contributed by atoms with E-state index in [1.165, 1.54) is 5.57 Å². The summed E-state index contributed by atoms with van der Waals surface area (Å²) in [6.07, 6.45) is 7.23. The van der Waals surface area contributed by atoms with Gasteiger partial charge in [0.1, 0.15) is 5.78 Å². The van der Waals surface area contributed by atoms with Crippen molar-refractivity contribution < 1.29 is 14.7 Å². The Morgan fingerprint density at radius 2 is 1.77 bits per heavy atom. The largest absolute Gasteiger partial charge is 0.392 e. The van der Waals surface area contributed by atoms with Crippen LogP contribution in [0.1, 0.15) is 58.8 Å². The molecule has 0 amide bonds. The van der Waals surface area contributed by atoms with Crippen molar-refractivity contribution in [3.8, 4) is 0 Å². The maximum atomic E-state index is 12.4. The first-order valence-electron chi connectivity index (χ1n) is 8.81. The molecule has 0 spiro atoms. The van der Waals surface area contributed by atoms with Gasteiger partial charge in [-0.2, -0.15) is 0 Å². The van der Waals surface area contributed by atoms with Gasteiger partial charge in [-0.15, -0.1) is 0 Å². The molecular weight excluding hydrogens is 276 g/mol. The molecule has 3 nitrogen and oxygen atoms in total. The fraction of sp³-hybridized carbons (Fsp3) is 0.789. The van der Waals surface area contributed by atoms with Crippen molar-refractivity contribution in [3.05, 3.63) is 11.6 Å². The Bertz CT molecular complexity index is 577. The molecule has 3 saturated carbocycles. The zero-order chi connectivity index (χ0) is 15.7. The van der Waals surface area contributed by atoms with Gasteiger partial charge in [0.2, 0.25) is 0 Å². The SMILES string of the molecule is C[C@]12CCC(=O)C=C1C[C@H](O)[C@@H]1[C@@H]2CC[C@]2(C)C(=O)CC[C@@H]12. The highest BCUT2D eigenvalue weighted by molar-refractivity contribution is 5.91. The van der Waals surface area contributed by atoms with Crippen LogP contribution in [-0.2, 0) is 9.59 Å². The number of ketones is 2. The van der Waals surface area contributed by atoms with Crippen molar-refractivity contribution >= 4 is 11.6 Å². The molecule has 0 aromatic rings. The Balaban J connectivity index is 1.75. The van der Waals surface area contributed by atoms with Gasteiger partial charge in [-0.3, -0.25) is 9.59 Å². The minimum absolute atomic E-state index is 0.0603. The van der Waals surface area contributed by atoms with Crippen molar-refractivity contribution in [2.45, 2.75) is 64.9 Å². The van der Waals surface area contributed by atoms with Crippen molar-refractivity contribution in [3.63, 3.8) is 0 Å². The normalized spacial score (nSPS) is 51.0. The molecule has 6 atom stereocenters. The van der Waals surface area contributed by atoms with E-state index < -0.39 is 0 Å². The van der Waals surface area contributed by atoms with E-state index in [-0.39, 0.29) is 28.6 Å². The molecule has 0 unspecified atom stereocenters. The Hall–Kier alpha value is -0.960. The van der Waals surface area contributed by atoms with Crippen molar-refractivity contribution in [2.75, 3.05) is 0 Å². The second kappa shape index (κ2) is 4.53. The van der Waals surface area contributed by atoms with Crippen LogP contribution in [0.3, 0.4) is 0 Å². The lowest BCUT2D eigenvalue weighted by molar-refractivity contribution is -0.139. The van der Waals surface area contributed by atoms with E-state index in [0.29, 0.717) is 36.9 Å². The molecule has 120 valence electrons. The third kappa shape index (κ3) is 1.72. The summed E-state index contributed by atoms with van der Waals surface area (Å²) in [7, 11) is 0. The van der Waals surface area contributed by atoms with Crippen molar-refractivity contribution in [1.82, 2.24) is 0 Å². The first kappa shape index (κ1) is 14.6. The number of carbonyl (C=O) groups excluding carboxylic acids is 2. The molecule has 22 heavy (non-hydrogen) atoms. The van der Waals surface area contributed by atoms with Crippen LogP contribution in [0.25, 0.3) is 0 Å². The Labute approximate surface area is 132 Å². The number of aliphatic hydroxyl groups is 1. The van der Waals surface area contributed by atoms with Gasteiger partial charge in [0.25, 0.3) is 0 Å². The van der Waals surface area contributed by atoms with Crippen LogP contribution in [0, 0.1) is 28.6 Å². The second-order valence-electron chi connectivity index (χ2n) is 8.53. The highest BCUT2D eigenvalue weighted by Crippen LogP contribution is 2.64. The molecule has 4 aliphatic rings. The molecule has 0 aliphatic heterocycles. The Morgan fingerprint density at radius 3 is 2.55 bits per heavy atom. The van der Waals surface area contributed by atoms with Crippen LogP contribution in [0.4, 0.5) is 0 Å². The van der Waals surface area contributed by atoms with Crippen LogP contribution in [0.2, 0.25) is 0 Å². The fourth-order valence-corrected chi connectivity index (χ4v) is 6.30. The summed E-state index contributed by atoms with van der Waals surface area (Å²) in [5.41, 5.74) is 1.03. The molecule has 0 aromatic carbocycles. The van der Waals surface area contributed by atoms with E-state index in [9.17, 15) is 14.7 Å².